The highest BCUT2D eigenvalue weighted by Crippen LogP contribution is 2.37. The topological polar surface area (TPSA) is 49.4 Å². The molecule has 1 aliphatic heterocycles. The van der Waals surface area contributed by atoms with Gasteiger partial charge in [0.05, 0.1) is 0 Å². The molecule has 1 atom stereocenters. The fourth-order valence-electron chi connectivity index (χ4n) is 4.29. The van der Waals surface area contributed by atoms with Gasteiger partial charge in [0.25, 0.3) is 0 Å². The van der Waals surface area contributed by atoms with Crippen molar-refractivity contribution in [1.29, 1.82) is 0 Å². The minimum Gasteiger partial charge on any atom is -0.344 e. The van der Waals surface area contributed by atoms with Crippen molar-refractivity contribution < 1.29 is 14.0 Å². The molecule has 2 amide bonds. The van der Waals surface area contributed by atoms with E-state index in [0.29, 0.717) is 23.7 Å². The van der Waals surface area contributed by atoms with Gasteiger partial charge in [0, 0.05) is 36.9 Å². The van der Waals surface area contributed by atoms with Crippen LogP contribution in [0, 0.1) is 11.8 Å². The lowest BCUT2D eigenvalue weighted by Crippen LogP contribution is -2.54. The molecule has 0 aromatic heterocycles. The first kappa shape index (κ1) is 21.1. The minimum atomic E-state index is -1.44. The fourth-order valence-corrected chi connectivity index (χ4v) is 4.41. The standard InChI is InChI=1S/C22H30ClFN2O2/c1-15(2)19(25-20(27)16-5-3-4-6-16)21(28)26-13-11-22(24,12-14-26)17-7-9-18(23)10-8-17/h7-10,15-16,19H,3-6,11-14H2,1-2H3,(H,25,27)/t19-/m1/s1. The molecule has 1 aromatic carbocycles. The van der Waals surface area contributed by atoms with Gasteiger partial charge in [0.2, 0.25) is 11.8 Å². The first-order valence-corrected chi connectivity index (χ1v) is 10.7. The summed E-state index contributed by atoms with van der Waals surface area (Å²) in [6.45, 7) is 4.57. The van der Waals surface area contributed by atoms with Gasteiger partial charge in [-0.15, -0.1) is 0 Å². The second kappa shape index (κ2) is 8.81. The summed E-state index contributed by atoms with van der Waals surface area (Å²) in [7, 11) is 0. The van der Waals surface area contributed by atoms with Crippen molar-refractivity contribution >= 4 is 23.4 Å². The second-order valence-electron chi connectivity index (χ2n) is 8.51. The second-order valence-corrected chi connectivity index (χ2v) is 8.95. The number of hydrogen-bond acceptors (Lipinski definition) is 2. The lowest BCUT2D eigenvalue weighted by molar-refractivity contribution is -0.140. The maximum Gasteiger partial charge on any atom is 0.245 e. The van der Waals surface area contributed by atoms with Crippen molar-refractivity contribution in [1.82, 2.24) is 10.2 Å². The lowest BCUT2D eigenvalue weighted by Gasteiger charge is -2.39. The number of benzene rings is 1. The summed E-state index contributed by atoms with van der Waals surface area (Å²) in [4.78, 5) is 27.3. The molecule has 1 saturated carbocycles. The van der Waals surface area contributed by atoms with Gasteiger partial charge in [0.1, 0.15) is 11.7 Å². The maximum atomic E-state index is 15.4. The molecular formula is C22H30ClFN2O2. The van der Waals surface area contributed by atoms with Gasteiger partial charge in [-0.3, -0.25) is 9.59 Å². The van der Waals surface area contributed by atoms with Gasteiger partial charge >= 0.3 is 0 Å². The van der Waals surface area contributed by atoms with Crippen molar-refractivity contribution in [3.8, 4) is 0 Å². The van der Waals surface area contributed by atoms with E-state index in [1.807, 2.05) is 13.8 Å². The number of halogens is 2. The van der Waals surface area contributed by atoms with E-state index in [9.17, 15) is 9.59 Å². The molecular weight excluding hydrogens is 379 g/mol. The molecule has 0 bridgehead atoms. The molecule has 1 aliphatic carbocycles. The summed E-state index contributed by atoms with van der Waals surface area (Å²) >= 11 is 5.90. The predicted octanol–water partition coefficient (Wildman–Crippen LogP) is 4.46. The molecule has 6 heteroatoms. The number of likely N-dealkylation sites (tertiary alicyclic amines) is 1. The number of nitrogens with one attached hydrogen (secondary N) is 1. The van der Waals surface area contributed by atoms with Crippen LogP contribution in [0.5, 0.6) is 0 Å². The van der Waals surface area contributed by atoms with Crippen LogP contribution < -0.4 is 5.32 Å². The molecule has 0 unspecified atom stereocenters. The largest absolute Gasteiger partial charge is 0.344 e. The zero-order valence-corrected chi connectivity index (χ0v) is 17.5. The summed E-state index contributed by atoms with van der Waals surface area (Å²) in [5.41, 5.74) is -0.833. The van der Waals surface area contributed by atoms with Gasteiger partial charge in [-0.1, -0.05) is 50.4 Å². The van der Waals surface area contributed by atoms with E-state index in [2.05, 4.69) is 5.32 Å². The van der Waals surface area contributed by atoms with Crippen LogP contribution in [-0.2, 0) is 15.3 Å². The minimum absolute atomic E-state index is 0.00817. The average Bonchev–Trinajstić information content (AvgIpc) is 3.21. The quantitative estimate of drug-likeness (QED) is 0.782. The summed E-state index contributed by atoms with van der Waals surface area (Å²) in [6.07, 6.45) is 4.46. The smallest absolute Gasteiger partial charge is 0.245 e. The van der Waals surface area contributed by atoms with Crippen molar-refractivity contribution in [3.05, 3.63) is 34.9 Å². The van der Waals surface area contributed by atoms with Crippen LogP contribution >= 0.6 is 11.6 Å². The lowest BCUT2D eigenvalue weighted by atomic mass is 9.85. The summed E-state index contributed by atoms with van der Waals surface area (Å²) in [5.74, 6) is -0.0907. The zero-order valence-electron chi connectivity index (χ0n) is 16.7. The molecule has 1 N–H and O–H groups in total. The maximum absolute atomic E-state index is 15.4. The Labute approximate surface area is 171 Å². The van der Waals surface area contributed by atoms with E-state index >= 15 is 4.39 Å². The molecule has 2 fully saturated rings. The van der Waals surface area contributed by atoms with Crippen LogP contribution in [-0.4, -0.2) is 35.8 Å². The number of amides is 2. The molecule has 0 spiro atoms. The normalized spacial score (nSPS) is 21.0. The van der Waals surface area contributed by atoms with Crippen LogP contribution in [0.4, 0.5) is 4.39 Å². The summed E-state index contributed by atoms with van der Waals surface area (Å²) in [5, 5.41) is 3.56. The molecule has 2 aliphatic rings. The third kappa shape index (κ3) is 4.68. The Hall–Kier alpha value is -1.62. The first-order chi connectivity index (χ1) is 13.3. The van der Waals surface area contributed by atoms with Gasteiger partial charge in [0.15, 0.2) is 0 Å². The molecule has 28 heavy (non-hydrogen) atoms. The zero-order chi connectivity index (χ0) is 20.3. The van der Waals surface area contributed by atoms with Crippen molar-refractivity contribution in [3.63, 3.8) is 0 Å². The summed E-state index contributed by atoms with van der Waals surface area (Å²) in [6, 6.07) is 6.29. The van der Waals surface area contributed by atoms with Crippen LogP contribution in [0.15, 0.2) is 24.3 Å². The molecule has 154 valence electrons. The molecule has 1 heterocycles. The van der Waals surface area contributed by atoms with Crippen molar-refractivity contribution in [2.75, 3.05) is 13.1 Å². The highest BCUT2D eigenvalue weighted by molar-refractivity contribution is 6.30. The van der Waals surface area contributed by atoms with Gasteiger partial charge in [-0.05, 0) is 36.5 Å². The van der Waals surface area contributed by atoms with Crippen LogP contribution in [0.3, 0.4) is 0 Å². The van der Waals surface area contributed by atoms with Crippen molar-refractivity contribution in [2.24, 2.45) is 11.8 Å². The van der Waals surface area contributed by atoms with Crippen molar-refractivity contribution in [2.45, 2.75) is 64.1 Å². The number of rotatable bonds is 5. The molecule has 0 radical (unpaired) electrons. The number of piperidine rings is 1. The van der Waals surface area contributed by atoms with E-state index in [1.165, 1.54) is 0 Å². The number of nitrogens with zero attached hydrogens (tertiary/aromatic N) is 1. The van der Waals surface area contributed by atoms with Gasteiger partial charge in [-0.2, -0.15) is 0 Å². The summed E-state index contributed by atoms with van der Waals surface area (Å²) < 4.78 is 15.4. The van der Waals surface area contributed by atoms with Gasteiger partial charge < -0.3 is 10.2 Å². The monoisotopic (exact) mass is 408 g/mol. The van der Waals surface area contributed by atoms with Crippen LogP contribution in [0.2, 0.25) is 5.02 Å². The Morgan fingerprint density at radius 1 is 1.14 bits per heavy atom. The molecule has 3 rings (SSSR count). The number of alkyl halides is 1. The predicted molar refractivity (Wildman–Crippen MR) is 109 cm³/mol. The van der Waals surface area contributed by atoms with E-state index in [1.54, 1.807) is 29.2 Å². The molecule has 4 nitrogen and oxygen atoms in total. The Bertz CT molecular complexity index is 693. The SMILES string of the molecule is CC(C)[C@@H](NC(=O)C1CCCC1)C(=O)N1CCC(F)(c2ccc(Cl)cc2)CC1. The average molecular weight is 409 g/mol. The van der Waals surface area contributed by atoms with Crippen LogP contribution in [0.25, 0.3) is 0 Å². The Morgan fingerprint density at radius 3 is 2.25 bits per heavy atom. The Kier molecular flexibility index (Phi) is 6.64. The van der Waals surface area contributed by atoms with E-state index < -0.39 is 11.7 Å². The number of hydrogen-bond donors (Lipinski definition) is 1. The molecule has 1 aromatic rings. The number of carbonyl (C=O) groups is 2. The Balaban J connectivity index is 1.61. The van der Waals surface area contributed by atoms with E-state index in [0.717, 1.165) is 25.7 Å². The van der Waals surface area contributed by atoms with Gasteiger partial charge in [-0.25, -0.2) is 4.39 Å². The highest BCUT2D eigenvalue weighted by atomic mass is 35.5. The third-order valence-electron chi connectivity index (χ3n) is 6.19. The third-order valence-corrected chi connectivity index (χ3v) is 6.44. The number of carbonyl (C=O) groups excluding carboxylic acids is 2. The van der Waals surface area contributed by atoms with E-state index in [-0.39, 0.29) is 36.5 Å². The van der Waals surface area contributed by atoms with Crippen LogP contribution in [0.1, 0.15) is 57.9 Å². The Morgan fingerprint density at radius 2 is 1.71 bits per heavy atom. The first-order valence-electron chi connectivity index (χ1n) is 10.3. The van der Waals surface area contributed by atoms with E-state index in [4.69, 9.17) is 11.6 Å². The fraction of sp³-hybridized carbons (Fsp3) is 0.636. The highest BCUT2D eigenvalue weighted by Gasteiger charge is 2.40. The molecule has 1 saturated heterocycles.